The van der Waals surface area contributed by atoms with Crippen molar-refractivity contribution in [3.05, 3.63) is 35.4 Å². The summed E-state index contributed by atoms with van der Waals surface area (Å²) in [6.07, 6.45) is 10.8. The van der Waals surface area contributed by atoms with E-state index in [0.29, 0.717) is 0 Å². The number of halogens is 1. The van der Waals surface area contributed by atoms with Gasteiger partial charge in [0.1, 0.15) is 0 Å². The van der Waals surface area contributed by atoms with Crippen LogP contribution in [-0.2, 0) is 12.1 Å². The lowest BCUT2D eigenvalue weighted by Gasteiger charge is -2.48. The van der Waals surface area contributed by atoms with Crippen LogP contribution in [0.4, 0.5) is 0 Å². The standard InChI is InChI=1S/C18H27NO.ClH/c20-15-16-7-9-17(10-8-16)18(11-3-1-4-12-18)19-13-5-2-6-14-19;/h7-10,20H,1-6,11-15H2;1H. The van der Waals surface area contributed by atoms with Crippen molar-refractivity contribution in [2.45, 2.75) is 63.5 Å². The number of hydrogen-bond donors (Lipinski definition) is 1. The molecule has 3 rings (SSSR count). The minimum atomic E-state index is 0. The second-order valence-electron chi connectivity index (χ2n) is 6.49. The number of benzene rings is 1. The van der Waals surface area contributed by atoms with Gasteiger partial charge in [0.2, 0.25) is 0 Å². The lowest BCUT2D eigenvalue weighted by atomic mass is 9.74. The third kappa shape index (κ3) is 3.44. The lowest BCUT2D eigenvalue weighted by molar-refractivity contribution is 0.0303. The number of rotatable bonds is 3. The normalized spacial score (nSPS) is 22.5. The summed E-state index contributed by atoms with van der Waals surface area (Å²) in [5.41, 5.74) is 2.79. The number of nitrogens with zero attached hydrogens (tertiary/aromatic N) is 1. The zero-order chi connectivity index (χ0) is 13.8. The highest BCUT2D eigenvalue weighted by Crippen LogP contribution is 2.43. The smallest absolute Gasteiger partial charge is 0.0681 e. The van der Waals surface area contributed by atoms with E-state index >= 15 is 0 Å². The molecule has 1 aromatic carbocycles. The fraction of sp³-hybridized carbons (Fsp3) is 0.667. The molecule has 2 aliphatic rings. The third-order valence-corrected chi connectivity index (χ3v) is 5.32. The summed E-state index contributed by atoms with van der Waals surface area (Å²) in [5.74, 6) is 0. The van der Waals surface area contributed by atoms with Crippen LogP contribution >= 0.6 is 12.4 Å². The van der Waals surface area contributed by atoms with Gasteiger partial charge in [-0.05, 0) is 49.9 Å². The van der Waals surface area contributed by atoms with Gasteiger partial charge in [-0.3, -0.25) is 4.90 Å². The Hall–Kier alpha value is -0.570. The lowest BCUT2D eigenvalue weighted by Crippen LogP contribution is -2.49. The van der Waals surface area contributed by atoms with E-state index in [1.54, 1.807) is 0 Å². The van der Waals surface area contributed by atoms with Crippen molar-refractivity contribution in [1.82, 2.24) is 4.90 Å². The summed E-state index contributed by atoms with van der Waals surface area (Å²) in [6.45, 7) is 2.68. The summed E-state index contributed by atoms with van der Waals surface area (Å²) in [6, 6.07) is 8.75. The molecule has 0 atom stereocenters. The van der Waals surface area contributed by atoms with Crippen molar-refractivity contribution in [2.24, 2.45) is 0 Å². The first-order valence-electron chi connectivity index (χ1n) is 8.30. The van der Waals surface area contributed by atoms with Crippen LogP contribution in [0.15, 0.2) is 24.3 Å². The van der Waals surface area contributed by atoms with Gasteiger partial charge in [-0.25, -0.2) is 0 Å². The van der Waals surface area contributed by atoms with Crippen molar-refractivity contribution in [2.75, 3.05) is 13.1 Å². The fourth-order valence-electron chi connectivity index (χ4n) is 4.17. The highest BCUT2D eigenvalue weighted by Gasteiger charge is 2.39. The molecule has 1 saturated heterocycles. The highest BCUT2D eigenvalue weighted by atomic mass is 35.5. The van der Waals surface area contributed by atoms with E-state index in [1.165, 1.54) is 70.0 Å². The van der Waals surface area contributed by atoms with Gasteiger partial charge in [0.25, 0.3) is 0 Å². The van der Waals surface area contributed by atoms with Crippen molar-refractivity contribution in [3.8, 4) is 0 Å². The summed E-state index contributed by atoms with van der Waals surface area (Å²) in [4.78, 5) is 2.77. The van der Waals surface area contributed by atoms with E-state index in [0.717, 1.165) is 5.56 Å². The van der Waals surface area contributed by atoms with Crippen molar-refractivity contribution < 1.29 is 5.11 Å². The Bertz CT molecular complexity index is 419. The number of aliphatic hydroxyl groups is 1. The first-order valence-corrected chi connectivity index (χ1v) is 8.30. The first-order chi connectivity index (χ1) is 9.85. The third-order valence-electron chi connectivity index (χ3n) is 5.32. The van der Waals surface area contributed by atoms with Crippen LogP contribution in [0.5, 0.6) is 0 Å². The SMILES string of the molecule is Cl.OCc1ccc(C2(N3CCCCC3)CCCCC2)cc1. The molecule has 0 spiro atoms. The maximum Gasteiger partial charge on any atom is 0.0681 e. The maximum atomic E-state index is 9.24. The number of hydrogen-bond acceptors (Lipinski definition) is 2. The number of aliphatic hydroxyl groups excluding tert-OH is 1. The van der Waals surface area contributed by atoms with Gasteiger partial charge in [-0.15, -0.1) is 12.4 Å². The van der Waals surface area contributed by atoms with Crippen LogP contribution in [0.2, 0.25) is 0 Å². The molecule has 0 amide bonds. The predicted octanol–water partition coefficient (Wildman–Crippen LogP) is 4.25. The monoisotopic (exact) mass is 309 g/mol. The molecule has 1 N–H and O–H groups in total. The zero-order valence-corrected chi connectivity index (χ0v) is 13.7. The Morgan fingerprint density at radius 2 is 1.43 bits per heavy atom. The molecule has 1 aliphatic heterocycles. The molecule has 2 nitrogen and oxygen atoms in total. The van der Waals surface area contributed by atoms with Crippen molar-refractivity contribution in [1.29, 1.82) is 0 Å². The van der Waals surface area contributed by atoms with Crippen LogP contribution in [0, 0.1) is 0 Å². The van der Waals surface area contributed by atoms with Crippen LogP contribution in [-0.4, -0.2) is 23.1 Å². The van der Waals surface area contributed by atoms with Crippen LogP contribution in [0.3, 0.4) is 0 Å². The quantitative estimate of drug-likeness (QED) is 0.902. The molecule has 0 bridgehead atoms. The van der Waals surface area contributed by atoms with Gasteiger partial charge in [0.05, 0.1) is 6.61 Å². The molecular weight excluding hydrogens is 282 g/mol. The Morgan fingerprint density at radius 1 is 0.857 bits per heavy atom. The average molecular weight is 310 g/mol. The van der Waals surface area contributed by atoms with E-state index in [4.69, 9.17) is 0 Å². The molecule has 1 aromatic rings. The van der Waals surface area contributed by atoms with Crippen LogP contribution in [0.25, 0.3) is 0 Å². The van der Waals surface area contributed by atoms with Gasteiger partial charge < -0.3 is 5.11 Å². The second kappa shape index (κ2) is 7.62. The predicted molar refractivity (Wildman–Crippen MR) is 89.8 cm³/mol. The Kier molecular flexibility index (Phi) is 6.09. The van der Waals surface area contributed by atoms with Gasteiger partial charge >= 0.3 is 0 Å². The van der Waals surface area contributed by atoms with Crippen LogP contribution < -0.4 is 0 Å². The molecule has 1 saturated carbocycles. The summed E-state index contributed by atoms with van der Waals surface area (Å²) in [7, 11) is 0. The molecule has 0 unspecified atom stereocenters. The number of piperidine rings is 1. The van der Waals surface area contributed by atoms with Crippen molar-refractivity contribution >= 4 is 12.4 Å². The molecule has 0 radical (unpaired) electrons. The highest BCUT2D eigenvalue weighted by molar-refractivity contribution is 5.85. The fourth-order valence-corrected chi connectivity index (χ4v) is 4.17. The Balaban J connectivity index is 0.00000161. The van der Waals surface area contributed by atoms with Crippen LogP contribution in [0.1, 0.15) is 62.5 Å². The maximum absolute atomic E-state index is 9.24. The second-order valence-corrected chi connectivity index (χ2v) is 6.49. The van der Waals surface area contributed by atoms with Crippen molar-refractivity contribution in [3.63, 3.8) is 0 Å². The molecule has 118 valence electrons. The molecule has 1 heterocycles. The minimum absolute atomic E-state index is 0. The molecule has 21 heavy (non-hydrogen) atoms. The number of likely N-dealkylation sites (tertiary alicyclic amines) is 1. The van der Waals surface area contributed by atoms with Gasteiger partial charge in [0, 0.05) is 5.54 Å². The Labute approximate surface area is 135 Å². The van der Waals surface area contributed by atoms with E-state index in [9.17, 15) is 5.11 Å². The van der Waals surface area contributed by atoms with E-state index in [1.807, 2.05) is 0 Å². The topological polar surface area (TPSA) is 23.5 Å². The zero-order valence-electron chi connectivity index (χ0n) is 12.9. The molecule has 3 heteroatoms. The summed E-state index contributed by atoms with van der Waals surface area (Å²) in [5, 5.41) is 9.24. The van der Waals surface area contributed by atoms with Gasteiger partial charge in [-0.1, -0.05) is 49.9 Å². The minimum Gasteiger partial charge on any atom is -0.392 e. The van der Waals surface area contributed by atoms with Gasteiger partial charge in [-0.2, -0.15) is 0 Å². The molecule has 2 fully saturated rings. The van der Waals surface area contributed by atoms with E-state index < -0.39 is 0 Å². The molecule has 1 aliphatic carbocycles. The van der Waals surface area contributed by atoms with E-state index in [-0.39, 0.29) is 24.6 Å². The Morgan fingerprint density at radius 3 is 2.00 bits per heavy atom. The summed E-state index contributed by atoms with van der Waals surface area (Å²) < 4.78 is 0. The molecule has 0 aromatic heterocycles. The summed E-state index contributed by atoms with van der Waals surface area (Å²) >= 11 is 0. The molecular formula is C18H28ClNO. The first kappa shape index (κ1) is 16.8. The average Bonchev–Trinajstić information content (AvgIpc) is 2.56. The largest absolute Gasteiger partial charge is 0.392 e. The van der Waals surface area contributed by atoms with Gasteiger partial charge in [0.15, 0.2) is 0 Å². The van der Waals surface area contributed by atoms with E-state index in [2.05, 4.69) is 29.2 Å².